The van der Waals surface area contributed by atoms with Crippen LogP contribution in [0.1, 0.15) is 38.3 Å². The second-order valence-electron chi connectivity index (χ2n) is 4.07. The minimum absolute atomic E-state index is 0.422. The fourth-order valence-electron chi connectivity index (χ4n) is 1.72. The van der Waals surface area contributed by atoms with Crippen molar-refractivity contribution in [2.24, 2.45) is 0 Å². The van der Waals surface area contributed by atoms with Crippen molar-refractivity contribution < 1.29 is 0 Å². The zero-order chi connectivity index (χ0) is 11.1. The van der Waals surface area contributed by atoms with Crippen LogP contribution < -0.4 is 5.32 Å². The summed E-state index contributed by atoms with van der Waals surface area (Å²) >= 11 is 0. The fraction of sp³-hybridized carbons (Fsp3) is 0.429. The lowest BCUT2D eigenvalue weighted by Crippen LogP contribution is -2.28. The molecule has 0 aromatic heterocycles. The predicted molar refractivity (Wildman–Crippen MR) is 66.9 cm³/mol. The molecule has 0 aliphatic heterocycles. The molecule has 0 amide bonds. The molecule has 15 heavy (non-hydrogen) atoms. The van der Waals surface area contributed by atoms with Gasteiger partial charge in [-0.1, -0.05) is 36.4 Å². The molecular formula is C14H21N. The lowest BCUT2D eigenvalue weighted by atomic mass is 10.1. The molecule has 2 atom stereocenters. The van der Waals surface area contributed by atoms with Crippen molar-refractivity contribution in [2.75, 3.05) is 0 Å². The monoisotopic (exact) mass is 203 g/mol. The molecule has 1 aromatic carbocycles. The van der Waals surface area contributed by atoms with Crippen molar-refractivity contribution in [1.82, 2.24) is 5.32 Å². The smallest absolute Gasteiger partial charge is 0.0294 e. The number of benzene rings is 1. The second kappa shape index (κ2) is 6.41. The Morgan fingerprint density at radius 2 is 1.93 bits per heavy atom. The van der Waals surface area contributed by atoms with E-state index in [-0.39, 0.29) is 0 Å². The Morgan fingerprint density at radius 3 is 2.53 bits per heavy atom. The zero-order valence-corrected chi connectivity index (χ0v) is 9.74. The maximum Gasteiger partial charge on any atom is 0.0294 e. The molecule has 1 nitrogen and oxygen atoms in total. The van der Waals surface area contributed by atoms with E-state index < -0.39 is 0 Å². The van der Waals surface area contributed by atoms with Gasteiger partial charge in [0.2, 0.25) is 0 Å². The first-order valence-electron chi connectivity index (χ1n) is 5.66. The van der Waals surface area contributed by atoms with E-state index in [0.717, 1.165) is 12.8 Å². The summed E-state index contributed by atoms with van der Waals surface area (Å²) in [6.07, 6.45) is 4.21. The summed E-state index contributed by atoms with van der Waals surface area (Å²) in [5.74, 6) is 0. The summed E-state index contributed by atoms with van der Waals surface area (Å²) in [6, 6.07) is 11.5. The van der Waals surface area contributed by atoms with Gasteiger partial charge in [0, 0.05) is 12.1 Å². The first kappa shape index (κ1) is 12.0. The number of nitrogens with one attached hydrogen (secondary N) is 1. The van der Waals surface area contributed by atoms with E-state index in [1.807, 2.05) is 6.08 Å². The number of rotatable bonds is 6. The Kier molecular flexibility index (Phi) is 5.13. The van der Waals surface area contributed by atoms with E-state index in [9.17, 15) is 0 Å². The van der Waals surface area contributed by atoms with Crippen molar-refractivity contribution in [3.8, 4) is 0 Å². The van der Waals surface area contributed by atoms with Gasteiger partial charge in [0.1, 0.15) is 0 Å². The molecule has 0 heterocycles. The molecule has 82 valence electrons. The van der Waals surface area contributed by atoms with Gasteiger partial charge < -0.3 is 5.32 Å². The molecule has 1 heteroatoms. The normalized spacial score (nSPS) is 14.5. The molecule has 0 bridgehead atoms. The lowest BCUT2D eigenvalue weighted by molar-refractivity contribution is 0.459. The molecule has 0 aliphatic rings. The van der Waals surface area contributed by atoms with Crippen molar-refractivity contribution in [3.63, 3.8) is 0 Å². The van der Waals surface area contributed by atoms with Gasteiger partial charge in [0.05, 0.1) is 0 Å². The Balaban J connectivity index is 2.41. The highest BCUT2D eigenvalue weighted by Gasteiger charge is 2.07. The highest BCUT2D eigenvalue weighted by Crippen LogP contribution is 2.13. The van der Waals surface area contributed by atoms with Crippen LogP contribution in [-0.2, 0) is 0 Å². The van der Waals surface area contributed by atoms with Gasteiger partial charge in [0.25, 0.3) is 0 Å². The molecule has 0 spiro atoms. The molecule has 1 aromatic rings. The van der Waals surface area contributed by atoms with Crippen molar-refractivity contribution >= 4 is 0 Å². The molecule has 0 fully saturated rings. The third kappa shape index (κ3) is 4.30. The highest BCUT2D eigenvalue weighted by molar-refractivity contribution is 5.18. The Morgan fingerprint density at radius 1 is 1.27 bits per heavy atom. The molecule has 1 N–H and O–H groups in total. The standard InChI is InChI=1S/C14H21N/c1-4-5-9-12(2)15-13(3)14-10-7-6-8-11-14/h4,6-8,10-13,15H,1,5,9H2,2-3H3/t12-,13+/m0/s1. The van der Waals surface area contributed by atoms with Gasteiger partial charge >= 0.3 is 0 Å². The van der Waals surface area contributed by atoms with Crippen LogP contribution in [0.5, 0.6) is 0 Å². The third-order valence-corrected chi connectivity index (χ3v) is 2.64. The first-order valence-corrected chi connectivity index (χ1v) is 5.66. The highest BCUT2D eigenvalue weighted by atomic mass is 14.9. The molecule has 0 aliphatic carbocycles. The number of allylic oxidation sites excluding steroid dienone is 1. The van der Waals surface area contributed by atoms with E-state index in [2.05, 4.69) is 56.1 Å². The Labute approximate surface area is 93.2 Å². The predicted octanol–water partition coefficient (Wildman–Crippen LogP) is 3.69. The lowest BCUT2D eigenvalue weighted by Gasteiger charge is -2.19. The van der Waals surface area contributed by atoms with E-state index in [4.69, 9.17) is 0 Å². The van der Waals surface area contributed by atoms with Crippen LogP contribution in [0.4, 0.5) is 0 Å². The zero-order valence-electron chi connectivity index (χ0n) is 9.74. The number of hydrogen-bond acceptors (Lipinski definition) is 1. The third-order valence-electron chi connectivity index (χ3n) is 2.64. The van der Waals surface area contributed by atoms with Crippen molar-refractivity contribution in [3.05, 3.63) is 48.6 Å². The fourth-order valence-corrected chi connectivity index (χ4v) is 1.72. The van der Waals surface area contributed by atoms with Crippen LogP contribution in [0.2, 0.25) is 0 Å². The van der Waals surface area contributed by atoms with E-state index in [1.165, 1.54) is 5.56 Å². The quantitative estimate of drug-likeness (QED) is 0.695. The van der Waals surface area contributed by atoms with Crippen LogP contribution in [0.15, 0.2) is 43.0 Å². The van der Waals surface area contributed by atoms with Gasteiger partial charge in [-0.15, -0.1) is 6.58 Å². The van der Waals surface area contributed by atoms with E-state index in [1.54, 1.807) is 0 Å². The van der Waals surface area contributed by atoms with Crippen LogP contribution in [-0.4, -0.2) is 6.04 Å². The maximum absolute atomic E-state index is 3.74. The molecule has 0 saturated carbocycles. The molecular weight excluding hydrogens is 182 g/mol. The summed E-state index contributed by atoms with van der Waals surface area (Å²) in [5.41, 5.74) is 1.35. The van der Waals surface area contributed by atoms with Gasteiger partial charge in [-0.25, -0.2) is 0 Å². The summed E-state index contributed by atoms with van der Waals surface area (Å²) in [5, 5.41) is 3.58. The SMILES string of the molecule is C=CCC[C@H](C)N[C@H](C)c1ccccc1. The maximum atomic E-state index is 3.74. The van der Waals surface area contributed by atoms with Gasteiger partial charge in [-0.05, 0) is 32.3 Å². The summed E-state index contributed by atoms with van der Waals surface area (Å²) in [6.45, 7) is 8.18. The molecule has 0 saturated heterocycles. The summed E-state index contributed by atoms with van der Waals surface area (Å²) in [4.78, 5) is 0. The average Bonchev–Trinajstić information content (AvgIpc) is 2.27. The van der Waals surface area contributed by atoms with E-state index >= 15 is 0 Å². The molecule has 1 rings (SSSR count). The van der Waals surface area contributed by atoms with Crippen LogP contribution in [0, 0.1) is 0 Å². The minimum atomic E-state index is 0.422. The largest absolute Gasteiger partial charge is 0.308 e. The number of hydrogen-bond donors (Lipinski definition) is 1. The van der Waals surface area contributed by atoms with Crippen molar-refractivity contribution in [1.29, 1.82) is 0 Å². The average molecular weight is 203 g/mol. The van der Waals surface area contributed by atoms with E-state index in [0.29, 0.717) is 12.1 Å². The minimum Gasteiger partial charge on any atom is -0.308 e. The topological polar surface area (TPSA) is 12.0 Å². The van der Waals surface area contributed by atoms with Crippen LogP contribution >= 0.6 is 0 Å². The Hall–Kier alpha value is -1.08. The van der Waals surface area contributed by atoms with Crippen LogP contribution in [0.25, 0.3) is 0 Å². The van der Waals surface area contributed by atoms with Gasteiger partial charge in [-0.3, -0.25) is 0 Å². The summed E-state index contributed by atoms with van der Waals surface area (Å²) in [7, 11) is 0. The van der Waals surface area contributed by atoms with Crippen LogP contribution in [0.3, 0.4) is 0 Å². The Bertz CT molecular complexity index is 279. The van der Waals surface area contributed by atoms with Gasteiger partial charge in [-0.2, -0.15) is 0 Å². The van der Waals surface area contributed by atoms with Crippen molar-refractivity contribution in [2.45, 2.75) is 38.8 Å². The second-order valence-corrected chi connectivity index (χ2v) is 4.07. The van der Waals surface area contributed by atoms with Gasteiger partial charge in [0.15, 0.2) is 0 Å². The summed E-state index contributed by atoms with van der Waals surface area (Å²) < 4.78 is 0. The molecule has 0 radical (unpaired) electrons. The molecule has 0 unspecified atom stereocenters. The first-order chi connectivity index (χ1) is 7.24.